The molecule has 1 aromatic rings. The Morgan fingerprint density at radius 2 is 2.27 bits per heavy atom. The molecule has 2 nitrogen and oxygen atoms in total. The summed E-state index contributed by atoms with van der Waals surface area (Å²) in [5.74, 6) is -0.883. The maximum atomic E-state index is 10.4. The number of aromatic carboxylic acids is 1. The molecule has 0 atom stereocenters. The first kappa shape index (κ1) is 10.8. The van der Waals surface area contributed by atoms with Crippen molar-refractivity contribution in [2.24, 2.45) is 0 Å². The average molecular weight is 224 g/mol. The number of benzene rings is 1. The van der Waals surface area contributed by atoms with Gasteiger partial charge in [-0.05, 0) is 5.56 Å². The van der Waals surface area contributed by atoms with E-state index in [-0.39, 0.29) is 32.7 Å². The van der Waals surface area contributed by atoms with Crippen molar-refractivity contribution >= 4 is 5.97 Å². The summed E-state index contributed by atoms with van der Waals surface area (Å²) < 4.78 is 0. The summed E-state index contributed by atoms with van der Waals surface area (Å²) in [7, 11) is 0. The molecule has 0 amide bonds. The van der Waals surface area contributed by atoms with Crippen LogP contribution in [0.5, 0.6) is 0 Å². The van der Waals surface area contributed by atoms with Crippen molar-refractivity contribution in [3.05, 3.63) is 35.4 Å². The minimum absolute atomic E-state index is 0. The molecule has 11 heavy (non-hydrogen) atoms. The first-order chi connectivity index (χ1) is 4.72. The monoisotopic (exact) mass is 224 g/mol. The molecule has 55 valence electrons. The smallest absolute Gasteiger partial charge is 0.311 e. The zero-order chi connectivity index (χ0) is 7.56. The molecule has 1 aromatic carbocycles. The van der Waals surface area contributed by atoms with Gasteiger partial charge in [-0.3, -0.25) is 0 Å². The second kappa shape index (κ2) is 4.63. The van der Waals surface area contributed by atoms with Gasteiger partial charge in [0.1, 0.15) is 0 Å². The van der Waals surface area contributed by atoms with Gasteiger partial charge in [-0.15, -0.1) is 5.56 Å². The Labute approximate surface area is 90.5 Å². The maximum Gasteiger partial charge on any atom is 0.311 e. The average Bonchev–Trinajstić information content (AvgIpc) is 1.88. The molecule has 0 saturated heterocycles. The summed E-state index contributed by atoms with van der Waals surface area (Å²) in [6.45, 7) is 1.75. The third-order valence-electron chi connectivity index (χ3n) is 1.30. The first-order valence-corrected chi connectivity index (χ1v) is 2.92. The minimum Gasteiger partial charge on any atom is -0.479 e. The minimum atomic E-state index is -0.883. The van der Waals surface area contributed by atoms with Crippen molar-refractivity contribution < 1.29 is 42.6 Å². The van der Waals surface area contributed by atoms with Crippen LogP contribution in [0.25, 0.3) is 0 Å². The molecule has 0 heterocycles. The SMILES string of the molecule is Cc1c[c-]ccc1C(=O)O.[Y]. The topological polar surface area (TPSA) is 37.3 Å². The zero-order valence-corrected chi connectivity index (χ0v) is 9.00. The molecule has 0 fully saturated rings. The molecule has 0 spiro atoms. The van der Waals surface area contributed by atoms with Crippen LogP contribution in [0.2, 0.25) is 0 Å². The second-order valence-electron chi connectivity index (χ2n) is 2.05. The van der Waals surface area contributed by atoms with Crippen molar-refractivity contribution in [3.8, 4) is 0 Å². The molecule has 3 heteroatoms. The van der Waals surface area contributed by atoms with Crippen molar-refractivity contribution in [1.29, 1.82) is 0 Å². The van der Waals surface area contributed by atoms with E-state index < -0.39 is 5.97 Å². The van der Waals surface area contributed by atoms with Crippen LogP contribution in [0.3, 0.4) is 0 Å². The molecule has 0 aliphatic rings. The number of rotatable bonds is 1. The Hall–Kier alpha value is -0.206. The van der Waals surface area contributed by atoms with E-state index in [1.54, 1.807) is 19.1 Å². The molecule has 0 unspecified atom stereocenters. The van der Waals surface area contributed by atoms with Crippen LogP contribution >= 0.6 is 0 Å². The van der Waals surface area contributed by atoms with Crippen LogP contribution in [-0.2, 0) is 32.7 Å². The van der Waals surface area contributed by atoms with E-state index in [2.05, 4.69) is 6.07 Å². The van der Waals surface area contributed by atoms with Crippen LogP contribution in [0.15, 0.2) is 18.2 Å². The third-order valence-corrected chi connectivity index (χ3v) is 1.30. The summed E-state index contributed by atoms with van der Waals surface area (Å²) in [6, 6.07) is 7.58. The molecular formula is C8H7O2Y-. The van der Waals surface area contributed by atoms with Crippen LogP contribution in [0, 0.1) is 13.0 Å². The van der Waals surface area contributed by atoms with Gasteiger partial charge >= 0.3 is 5.97 Å². The molecule has 0 aliphatic heterocycles. The van der Waals surface area contributed by atoms with Gasteiger partial charge in [0.25, 0.3) is 0 Å². The third kappa shape index (κ3) is 2.72. The quantitative estimate of drug-likeness (QED) is 0.733. The molecule has 1 N–H and O–H groups in total. The van der Waals surface area contributed by atoms with E-state index in [9.17, 15) is 4.79 Å². The maximum absolute atomic E-state index is 10.4. The molecule has 0 aliphatic carbocycles. The molecular weight excluding hydrogens is 217 g/mol. The second-order valence-corrected chi connectivity index (χ2v) is 2.05. The predicted molar refractivity (Wildman–Crippen MR) is 37.0 cm³/mol. The number of carboxylic acid groups (broad SMARTS) is 1. The van der Waals surface area contributed by atoms with Gasteiger partial charge in [-0.25, -0.2) is 4.79 Å². The molecule has 0 bridgehead atoms. The van der Waals surface area contributed by atoms with E-state index >= 15 is 0 Å². The van der Waals surface area contributed by atoms with Gasteiger partial charge in [0.15, 0.2) is 0 Å². The van der Waals surface area contributed by atoms with Gasteiger partial charge in [0.2, 0.25) is 0 Å². The molecule has 1 rings (SSSR count). The standard InChI is InChI=1S/C8H7O2.Y/c1-6-4-2-3-5-7(6)8(9)10;/h3-5H,1H3,(H,9,10);/q-1;. The fraction of sp³-hybridized carbons (Fsp3) is 0.125. The summed E-state index contributed by atoms with van der Waals surface area (Å²) in [5.41, 5.74) is 1.09. The van der Waals surface area contributed by atoms with Gasteiger partial charge in [-0.2, -0.15) is 24.3 Å². The number of aryl methyl sites for hydroxylation is 1. The number of carboxylic acids is 1. The summed E-state index contributed by atoms with van der Waals surface area (Å²) in [4.78, 5) is 10.4. The van der Waals surface area contributed by atoms with E-state index in [0.29, 0.717) is 5.56 Å². The predicted octanol–water partition coefficient (Wildman–Crippen LogP) is 1.49. The van der Waals surface area contributed by atoms with Crippen molar-refractivity contribution in [2.45, 2.75) is 6.92 Å². The van der Waals surface area contributed by atoms with E-state index in [4.69, 9.17) is 5.11 Å². The van der Waals surface area contributed by atoms with Crippen LogP contribution < -0.4 is 0 Å². The largest absolute Gasteiger partial charge is 0.479 e. The Bertz CT molecular complexity index is 258. The number of hydrogen-bond acceptors (Lipinski definition) is 1. The van der Waals surface area contributed by atoms with Crippen molar-refractivity contribution in [2.75, 3.05) is 0 Å². The van der Waals surface area contributed by atoms with E-state index in [1.165, 1.54) is 6.07 Å². The fourth-order valence-corrected chi connectivity index (χ4v) is 0.754. The van der Waals surface area contributed by atoms with Crippen molar-refractivity contribution in [3.63, 3.8) is 0 Å². The van der Waals surface area contributed by atoms with Gasteiger partial charge in [0, 0.05) is 32.7 Å². The Balaban J connectivity index is 0.000001000. The van der Waals surface area contributed by atoms with Gasteiger partial charge in [0.05, 0.1) is 0 Å². The molecule has 1 radical (unpaired) electrons. The summed E-state index contributed by atoms with van der Waals surface area (Å²) >= 11 is 0. The van der Waals surface area contributed by atoms with Crippen molar-refractivity contribution in [1.82, 2.24) is 0 Å². The van der Waals surface area contributed by atoms with E-state index in [0.717, 1.165) is 5.56 Å². The Morgan fingerprint density at radius 1 is 1.64 bits per heavy atom. The van der Waals surface area contributed by atoms with Crippen LogP contribution in [0.1, 0.15) is 15.9 Å². The first-order valence-electron chi connectivity index (χ1n) is 2.92. The Kier molecular flexibility index (Phi) is 4.54. The number of hydrogen-bond donors (Lipinski definition) is 1. The summed E-state index contributed by atoms with van der Waals surface area (Å²) in [6.07, 6.45) is 0. The summed E-state index contributed by atoms with van der Waals surface area (Å²) in [5, 5.41) is 8.55. The Morgan fingerprint density at radius 3 is 2.64 bits per heavy atom. The number of carbonyl (C=O) groups is 1. The van der Waals surface area contributed by atoms with Gasteiger partial charge < -0.3 is 5.11 Å². The molecule has 0 saturated carbocycles. The van der Waals surface area contributed by atoms with Gasteiger partial charge in [-0.1, -0.05) is 6.92 Å². The van der Waals surface area contributed by atoms with Crippen LogP contribution in [0.4, 0.5) is 0 Å². The molecule has 0 aromatic heterocycles. The van der Waals surface area contributed by atoms with E-state index in [1.807, 2.05) is 0 Å². The fourth-order valence-electron chi connectivity index (χ4n) is 0.754. The van der Waals surface area contributed by atoms with Crippen LogP contribution in [-0.4, -0.2) is 11.1 Å². The zero-order valence-electron chi connectivity index (χ0n) is 6.16. The normalized spacial score (nSPS) is 8.45.